The molecule has 1 aliphatic heterocycles. The topological polar surface area (TPSA) is 150 Å². The molecule has 0 saturated carbocycles. The van der Waals surface area contributed by atoms with Crippen LogP contribution in [0.25, 0.3) is 0 Å². The van der Waals surface area contributed by atoms with E-state index in [-0.39, 0.29) is 39.2 Å². The first-order valence-corrected chi connectivity index (χ1v) is 10.4. The number of carbonyl (C=O) groups is 5. The van der Waals surface area contributed by atoms with E-state index in [2.05, 4.69) is 4.74 Å². The standard InChI is InChI=1S/C25H16N2O9/c1-35-24(31)15-4-7-17(8-5-15)26-22(29)19-11-6-16(12-20(19)23(26)30)25(32)36-13-21(28)14-2-9-18(10-3-14)27(33)34/h2-12H,13H2,1H3. The van der Waals surface area contributed by atoms with Crippen LogP contribution < -0.4 is 4.90 Å². The zero-order valence-corrected chi connectivity index (χ0v) is 18.6. The third-order valence-corrected chi connectivity index (χ3v) is 5.40. The molecule has 0 atom stereocenters. The third kappa shape index (κ3) is 4.44. The second kappa shape index (κ2) is 9.58. The lowest BCUT2D eigenvalue weighted by Crippen LogP contribution is -2.29. The van der Waals surface area contributed by atoms with Gasteiger partial charge in [-0.2, -0.15) is 0 Å². The van der Waals surface area contributed by atoms with Crippen LogP contribution in [-0.2, 0) is 9.47 Å². The van der Waals surface area contributed by atoms with Gasteiger partial charge in [0.05, 0.1) is 40.0 Å². The number of amides is 2. The number of benzene rings is 3. The fourth-order valence-corrected chi connectivity index (χ4v) is 3.53. The highest BCUT2D eigenvalue weighted by Gasteiger charge is 2.37. The first kappa shape index (κ1) is 24.0. The number of carbonyl (C=O) groups excluding carboxylic acids is 5. The number of nitrogens with zero attached hydrogens (tertiary/aromatic N) is 2. The third-order valence-electron chi connectivity index (χ3n) is 5.40. The number of imide groups is 1. The van der Waals surface area contributed by atoms with Gasteiger partial charge in [0.15, 0.2) is 12.4 Å². The Hall–Kier alpha value is -5.19. The van der Waals surface area contributed by atoms with E-state index in [1.165, 1.54) is 61.7 Å². The Bertz CT molecular complexity index is 1430. The molecule has 11 nitrogen and oxygen atoms in total. The molecule has 36 heavy (non-hydrogen) atoms. The Kier molecular flexibility index (Phi) is 6.38. The highest BCUT2D eigenvalue weighted by Crippen LogP contribution is 2.29. The average Bonchev–Trinajstić information content (AvgIpc) is 3.15. The number of fused-ring (bicyclic) bond motifs is 1. The van der Waals surface area contributed by atoms with Crippen LogP contribution in [0.3, 0.4) is 0 Å². The molecule has 180 valence electrons. The highest BCUT2D eigenvalue weighted by molar-refractivity contribution is 6.34. The van der Waals surface area contributed by atoms with Gasteiger partial charge in [-0.1, -0.05) is 0 Å². The fourth-order valence-electron chi connectivity index (χ4n) is 3.53. The van der Waals surface area contributed by atoms with Gasteiger partial charge in [-0.25, -0.2) is 14.5 Å². The Balaban J connectivity index is 1.47. The van der Waals surface area contributed by atoms with E-state index in [4.69, 9.17) is 4.74 Å². The van der Waals surface area contributed by atoms with Gasteiger partial charge in [-0.05, 0) is 54.6 Å². The summed E-state index contributed by atoms with van der Waals surface area (Å²) in [6.07, 6.45) is 0. The molecule has 1 aliphatic rings. The molecule has 1 heterocycles. The van der Waals surface area contributed by atoms with E-state index < -0.39 is 41.1 Å². The Morgan fingerprint density at radius 1 is 0.806 bits per heavy atom. The minimum absolute atomic E-state index is 0.0202. The minimum atomic E-state index is -0.894. The molecule has 11 heteroatoms. The van der Waals surface area contributed by atoms with E-state index in [1.807, 2.05) is 0 Å². The molecule has 0 unspecified atom stereocenters. The van der Waals surface area contributed by atoms with Crippen molar-refractivity contribution in [3.63, 3.8) is 0 Å². The smallest absolute Gasteiger partial charge is 0.338 e. The Labute approximate surface area is 203 Å². The van der Waals surface area contributed by atoms with Gasteiger partial charge in [-0.15, -0.1) is 0 Å². The molecule has 0 aliphatic carbocycles. The lowest BCUT2D eigenvalue weighted by molar-refractivity contribution is -0.384. The molecule has 0 N–H and O–H groups in total. The summed E-state index contributed by atoms with van der Waals surface area (Å²) in [7, 11) is 1.23. The molecule has 3 aromatic carbocycles. The normalized spacial score (nSPS) is 12.2. The van der Waals surface area contributed by atoms with Crippen LogP contribution in [0.1, 0.15) is 51.8 Å². The number of hydrogen-bond donors (Lipinski definition) is 0. The van der Waals surface area contributed by atoms with E-state index in [1.54, 1.807) is 0 Å². The molecule has 0 spiro atoms. The largest absolute Gasteiger partial charge is 0.465 e. The summed E-state index contributed by atoms with van der Waals surface area (Å²) in [5.41, 5.74) is 0.419. The number of nitro benzene ring substituents is 1. The van der Waals surface area contributed by atoms with Crippen molar-refractivity contribution in [3.8, 4) is 0 Å². The highest BCUT2D eigenvalue weighted by atomic mass is 16.6. The molecule has 0 radical (unpaired) electrons. The summed E-state index contributed by atoms with van der Waals surface area (Å²) in [6.45, 7) is -0.626. The summed E-state index contributed by atoms with van der Waals surface area (Å²) in [5.74, 6) is -3.31. The van der Waals surface area contributed by atoms with Crippen molar-refractivity contribution in [3.05, 3.63) is 105 Å². The van der Waals surface area contributed by atoms with Gasteiger partial charge in [0, 0.05) is 17.7 Å². The number of esters is 2. The number of nitro groups is 1. The first-order valence-electron chi connectivity index (χ1n) is 10.4. The van der Waals surface area contributed by atoms with Crippen molar-refractivity contribution < 1.29 is 38.4 Å². The number of rotatable bonds is 7. The first-order chi connectivity index (χ1) is 17.2. The van der Waals surface area contributed by atoms with E-state index in [9.17, 15) is 34.1 Å². The lowest BCUT2D eigenvalue weighted by Gasteiger charge is -2.14. The molecular weight excluding hydrogens is 472 g/mol. The van der Waals surface area contributed by atoms with Gasteiger partial charge in [0.1, 0.15) is 0 Å². The molecule has 3 aromatic rings. The zero-order chi connectivity index (χ0) is 26.0. The number of hydrogen-bond acceptors (Lipinski definition) is 9. The van der Waals surface area contributed by atoms with Crippen LogP contribution >= 0.6 is 0 Å². The monoisotopic (exact) mass is 488 g/mol. The molecule has 0 aromatic heterocycles. The number of anilines is 1. The zero-order valence-electron chi connectivity index (χ0n) is 18.6. The maximum Gasteiger partial charge on any atom is 0.338 e. The molecule has 2 amide bonds. The molecule has 4 rings (SSSR count). The van der Waals surface area contributed by atoms with Crippen molar-refractivity contribution in [1.29, 1.82) is 0 Å². The summed E-state index contributed by atoms with van der Waals surface area (Å²) < 4.78 is 9.65. The predicted octanol–water partition coefficient (Wildman–Crippen LogP) is 3.22. The van der Waals surface area contributed by atoms with Crippen molar-refractivity contribution >= 4 is 40.9 Å². The SMILES string of the molecule is COC(=O)c1ccc(N2C(=O)c3ccc(C(=O)OCC(=O)c4ccc([N+](=O)[O-])cc4)cc3C2=O)cc1. The van der Waals surface area contributed by atoms with Gasteiger partial charge in [0.2, 0.25) is 0 Å². The second-order valence-corrected chi connectivity index (χ2v) is 7.55. The minimum Gasteiger partial charge on any atom is -0.465 e. The molecule has 0 fully saturated rings. The number of methoxy groups -OCH3 is 1. The average molecular weight is 488 g/mol. The van der Waals surface area contributed by atoms with Crippen LogP contribution in [0.4, 0.5) is 11.4 Å². The molecule has 0 saturated heterocycles. The van der Waals surface area contributed by atoms with Crippen LogP contribution in [0.15, 0.2) is 66.7 Å². The summed E-state index contributed by atoms with van der Waals surface area (Å²) in [4.78, 5) is 73.1. The Morgan fingerprint density at radius 3 is 2.00 bits per heavy atom. The van der Waals surface area contributed by atoms with Crippen LogP contribution in [0.5, 0.6) is 0 Å². The number of non-ortho nitro benzene ring substituents is 1. The number of ketones is 1. The van der Waals surface area contributed by atoms with Crippen molar-refractivity contribution in [2.75, 3.05) is 18.6 Å². The van der Waals surface area contributed by atoms with E-state index in [0.717, 1.165) is 17.0 Å². The van der Waals surface area contributed by atoms with E-state index in [0.29, 0.717) is 0 Å². The van der Waals surface area contributed by atoms with E-state index >= 15 is 0 Å². The Morgan fingerprint density at radius 2 is 1.39 bits per heavy atom. The van der Waals surface area contributed by atoms with Crippen LogP contribution in [0.2, 0.25) is 0 Å². The summed E-state index contributed by atoms with van der Waals surface area (Å²) in [6, 6.07) is 14.3. The number of ether oxygens (including phenoxy) is 2. The van der Waals surface area contributed by atoms with Gasteiger partial charge >= 0.3 is 11.9 Å². The molecular formula is C25H16N2O9. The summed E-state index contributed by atoms with van der Waals surface area (Å²) in [5, 5.41) is 10.7. The molecule has 0 bridgehead atoms. The maximum absolute atomic E-state index is 12.9. The van der Waals surface area contributed by atoms with Crippen LogP contribution in [0, 0.1) is 10.1 Å². The fraction of sp³-hybridized carbons (Fsp3) is 0.0800. The predicted molar refractivity (Wildman–Crippen MR) is 123 cm³/mol. The van der Waals surface area contributed by atoms with Crippen molar-refractivity contribution in [2.24, 2.45) is 0 Å². The number of Topliss-reactive ketones (excluding diaryl/α,β-unsaturated/α-hetero) is 1. The van der Waals surface area contributed by atoms with Crippen molar-refractivity contribution in [1.82, 2.24) is 0 Å². The van der Waals surface area contributed by atoms with Gasteiger partial charge in [-0.3, -0.25) is 24.5 Å². The van der Waals surface area contributed by atoms with Gasteiger partial charge < -0.3 is 9.47 Å². The van der Waals surface area contributed by atoms with Crippen molar-refractivity contribution in [2.45, 2.75) is 0 Å². The quantitative estimate of drug-likeness (QED) is 0.160. The van der Waals surface area contributed by atoms with Crippen LogP contribution in [-0.4, -0.2) is 48.2 Å². The maximum atomic E-state index is 12.9. The van der Waals surface area contributed by atoms with Gasteiger partial charge in [0.25, 0.3) is 17.5 Å². The lowest BCUT2D eigenvalue weighted by atomic mass is 10.1. The second-order valence-electron chi connectivity index (χ2n) is 7.55. The summed E-state index contributed by atoms with van der Waals surface area (Å²) >= 11 is 0.